The Morgan fingerprint density at radius 1 is 1.33 bits per heavy atom. The van der Waals surface area contributed by atoms with Gasteiger partial charge in [-0.1, -0.05) is 13.8 Å². The minimum absolute atomic E-state index is 0.221. The number of nitrogens with zero attached hydrogens (tertiary/aromatic N) is 1. The predicted octanol–water partition coefficient (Wildman–Crippen LogP) is 1.69. The summed E-state index contributed by atoms with van der Waals surface area (Å²) < 4.78 is 0. The van der Waals surface area contributed by atoms with Gasteiger partial charge in [-0.15, -0.1) is 0 Å². The minimum Gasteiger partial charge on any atom is -0.378 e. The lowest BCUT2D eigenvalue weighted by molar-refractivity contribution is -0.0612. The van der Waals surface area contributed by atoms with Crippen molar-refractivity contribution in [1.82, 2.24) is 4.90 Å². The van der Waals surface area contributed by atoms with Crippen molar-refractivity contribution in [1.29, 1.82) is 0 Å². The maximum absolute atomic E-state index is 9.69. The van der Waals surface area contributed by atoms with Gasteiger partial charge in [0.25, 0.3) is 0 Å². The third-order valence-corrected chi connectivity index (χ3v) is 3.27. The Hall–Kier alpha value is -0.0800. The molecule has 1 N–H and O–H groups in total. The predicted molar refractivity (Wildman–Crippen MR) is 50.8 cm³/mol. The third kappa shape index (κ3) is 1.99. The molecule has 3 atom stereocenters. The van der Waals surface area contributed by atoms with Crippen LogP contribution in [0.5, 0.6) is 0 Å². The van der Waals surface area contributed by atoms with Gasteiger partial charge in [0.05, 0.1) is 0 Å². The molecule has 1 aliphatic heterocycles. The van der Waals surface area contributed by atoms with Crippen LogP contribution in [0.4, 0.5) is 0 Å². The van der Waals surface area contributed by atoms with Gasteiger partial charge in [0.2, 0.25) is 0 Å². The number of piperidine rings is 1. The smallest absolute Gasteiger partial charge is 0.107 e. The van der Waals surface area contributed by atoms with Gasteiger partial charge in [0.1, 0.15) is 6.23 Å². The monoisotopic (exact) mass is 171 g/mol. The van der Waals surface area contributed by atoms with E-state index in [9.17, 15) is 5.11 Å². The molecular formula is C10H21NO. The van der Waals surface area contributed by atoms with E-state index in [1.807, 2.05) is 7.05 Å². The van der Waals surface area contributed by atoms with Gasteiger partial charge in [-0.2, -0.15) is 0 Å². The highest BCUT2D eigenvalue weighted by Crippen LogP contribution is 2.30. The van der Waals surface area contributed by atoms with E-state index in [0.717, 1.165) is 6.42 Å². The molecule has 0 aromatic carbocycles. The third-order valence-electron chi connectivity index (χ3n) is 3.27. The topological polar surface area (TPSA) is 23.5 Å². The maximum Gasteiger partial charge on any atom is 0.107 e. The van der Waals surface area contributed by atoms with Gasteiger partial charge in [0, 0.05) is 6.04 Å². The van der Waals surface area contributed by atoms with Crippen molar-refractivity contribution in [2.24, 2.45) is 11.8 Å². The van der Waals surface area contributed by atoms with E-state index < -0.39 is 0 Å². The molecule has 0 aliphatic carbocycles. The van der Waals surface area contributed by atoms with Crippen LogP contribution in [0.25, 0.3) is 0 Å². The van der Waals surface area contributed by atoms with Crippen molar-refractivity contribution >= 4 is 0 Å². The first-order chi connectivity index (χ1) is 5.52. The van der Waals surface area contributed by atoms with E-state index in [0.29, 0.717) is 17.9 Å². The standard InChI is InChI=1S/C10H21NO/c1-7(2)9-5-8(3)11(4)10(12)6-9/h7-10,12H,5-6H2,1-4H3. The molecule has 1 rings (SSSR count). The van der Waals surface area contributed by atoms with E-state index in [4.69, 9.17) is 0 Å². The molecule has 72 valence electrons. The molecule has 2 nitrogen and oxygen atoms in total. The molecule has 1 aliphatic rings. The zero-order valence-corrected chi connectivity index (χ0v) is 8.62. The first kappa shape index (κ1) is 10.0. The zero-order valence-electron chi connectivity index (χ0n) is 8.62. The molecule has 2 heteroatoms. The Bertz CT molecular complexity index is 135. The fourth-order valence-electron chi connectivity index (χ4n) is 1.98. The van der Waals surface area contributed by atoms with E-state index in [-0.39, 0.29) is 6.23 Å². The van der Waals surface area contributed by atoms with E-state index in [1.54, 1.807) is 0 Å². The molecule has 1 saturated heterocycles. The van der Waals surface area contributed by atoms with Gasteiger partial charge >= 0.3 is 0 Å². The second kappa shape index (κ2) is 3.75. The van der Waals surface area contributed by atoms with Crippen LogP contribution >= 0.6 is 0 Å². The van der Waals surface area contributed by atoms with Gasteiger partial charge < -0.3 is 5.11 Å². The normalized spacial score (nSPS) is 39.0. The number of hydrogen-bond donors (Lipinski definition) is 1. The Morgan fingerprint density at radius 3 is 2.33 bits per heavy atom. The summed E-state index contributed by atoms with van der Waals surface area (Å²) >= 11 is 0. The quantitative estimate of drug-likeness (QED) is 0.649. The molecule has 12 heavy (non-hydrogen) atoms. The minimum atomic E-state index is -0.221. The van der Waals surface area contributed by atoms with Crippen LogP contribution in [-0.4, -0.2) is 29.3 Å². The van der Waals surface area contributed by atoms with E-state index in [2.05, 4.69) is 25.7 Å². The van der Waals surface area contributed by atoms with Crippen LogP contribution in [0, 0.1) is 11.8 Å². The summed E-state index contributed by atoms with van der Waals surface area (Å²) in [5.74, 6) is 1.40. The van der Waals surface area contributed by atoms with Gasteiger partial charge in [0.15, 0.2) is 0 Å². The number of likely N-dealkylation sites (tertiary alicyclic amines) is 1. The van der Waals surface area contributed by atoms with E-state index >= 15 is 0 Å². The van der Waals surface area contributed by atoms with Crippen LogP contribution in [0.15, 0.2) is 0 Å². The molecule has 1 heterocycles. The second-order valence-corrected chi connectivity index (χ2v) is 4.47. The average Bonchev–Trinajstić information content (AvgIpc) is 1.99. The van der Waals surface area contributed by atoms with Crippen LogP contribution in [0.3, 0.4) is 0 Å². The van der Waals surface area contributed by atoms with Gasteiger partial charge in [-0.05, 0) is 38.6 Å². The number of aliphatic hydroxyl groups excluding tert-OH is 1. The molecule has 0 spiro atoms. The lowest BCUT2D eigenvalue weighted by Crippen LogP contribution is -2.46. The first-order valence-corrected chi connectivity index (χ1v) is 4.92. The number of hydrogen-bond acceptors (Lipinski definition) is 2. The van der Waals surface area contributed by atoms with Crippen LogP contribution < -0.4 is 0 Å². The summed E-state index contributed by atoms with van der Waals surface area (Å²) in [5.41, 5.74) is 0. The van der Waals surface area contributed by atoms with Crippen molar-refractivity contribution in [3.05, 3.63) is 0 Å². The molecule has 0 amide bonds. The molecule has 0 bridgehead atoms. The first-order valence-electron chi connectivity index (χ1n) is 4.92. The van der Waals surface area contributed by atoms with E-state index in [1.165, 1.54) is 6.42 Å². The summed E-state index contributed by atoms with van der Waals surface area (Å²) in [5, 5.41) is 9.69. The Kier molecular flexibility index (Phi) is 3.13. The summed E-state index contributed by atoms with van der Waals surface area (Å²) in [7, 11) is 2.01. The summed E-state index contributed by atoms with van der Waals surface area (Å²) in [6.07, 6.45) is 1.95. The van der Waals surface area contributed by atoms with Crippen LogP contribution in [-0.2, 0) is 0 Å². The Morgan fingerprint density at radius 2 is 1.92 bits per heavy atom. The Balaban J connectivity index is 2.53. The lowest BCUT2D eigenvalue weighted by Gasteiger charge is -2.40. The van der Waals surface area contributed by atoms with Crippen LogP contribution in [0.1, 0.15) is 33.6 Å². The fraction of sp³-hybridized carbons (Fsp3) is 1.00. The largest absolute Gasteiger partial charge is 0.378 e. The fourth-order valence-corrected chi connectivity index (χ4v) is 1.98. The molecule has 3 unspecified atom stereocenters. The molecule has 0 radical (unpaired) electrons. The van der Waals surface area contributed by atoms with Crippen molar-refractivity contribution in [2.45, 2.75) is 45.9 Å². The highest BCUT2D eigenvalue weighted by atomic mass is 16.3. The zero-order chi connectivity index (χ0) is 9.30. The maximum atomic E-state index is 9.69. The summed E-state index contributed by atoms with van der Waals surface area (Å²) in [6.45, 7) is 6.68. The molecule has 1 fully saturated rings. The molecule has 0 saturated carbocycles. The molecule has 0 aromatic rings. The van der Waals surface area contributed by atoms with Crippen molar-refractivity contribution in [3.63, 3.8) is 0 Å². The number of rotatable bonds is 1. The Labute approximate surface area is 75.6 Å². The molecule has 0 aromatic heterocycles. The average molecular weight is 171 g/mol. The van der Waals surface area contributed by atoms with Crippen LogP contribution in [0.2, 0.25) is 0 Å². The van der Waals surface area contributed by atoms with Gasteiger partial charge in [-0.3, -0.25) is 4.90 Å². The highest BCUT2D eigenvalue weighted by Gasteiger charge is 2.30. The summed E-state index contributed by atoms with van der Waals surface area (Å²) in [4.78, 5) is 2.07. The van der Waals surface area contributed by atoms with Crippen molar-refractivity contribution in [3.8, 4) is 0 Å². The van der Waals surface area contributed by atoms with Crippen molar-refractivity contribution in [2.75, 3.05) is 7.05 Å². The lowest BCUT2D eigenvalue weighted by atomic mass is 9.83. The number of aliphatic hydroxyl groups is 1. The van der Waals surface area contributed by atoms with Crippen molar-refractivity contribution < 1.29 is 5.11 Å². The SMILES string of the molecule is CC(C)C1CC(C)N(C)C(O)C1. The molecular weight excluding hydrogens is 150 g/mol. The summed E-state index contributed by atoms with van der Waals surface area (Å²) in [6, 6.07) is 0.529. The second-order valence-electron chi connectivity index (χ2n) is 4.47. The van der Waals surface area contributed by atoms with Gasteiger partial charge in [-0.25, -0.2) is 0 Å². The highest BCUT2D eigenvalue weighted by molar-refractivity contribution is 4.80.